The van der Waals surface area contributed by atoms with Gasteiger partial charge < -0.3 is 19.8 Å². The number of rotatable bonds is 1. The minimum absolute atomic E-state index is 0.0917. The summed E-state index contributed by atoms with van der Waals surface area (Å²) in [5.74, 6) is 2.41. The van der Waals surface area contributed by atoms with Crippen LogP contribution in [-0.2, 0) is 14.3 Å². The van der Waals surface area contributed by atoms with Gasteiger partial charge in [-0.15, -0.1) is 0 Å². The van der Waals surface area contributed by atoms with Gasteiger partial charge in [-0.3, -0.25) is 4.79 Å². The Kier molecular flexibility index (Phi) is 2.55. The number of hydrogen-bond donors (Lipinski definition) is 1. The zero-order chi connectivity index (χ0) is 15.9. The van der Waals surface area contributed by atoms with Gasteiger partial charge in [-0.05, 0) is 32.5 Å². The van der Waals surface area contributed by atoms with Gasteiger partial charge in [0.15, 0.2) is 11.9 Å². The number of nitrogens with one attached hydrogen (secondary N) is 1. The van der Waals surface area contributed by atoms with Crippen molar-refractivity contribution in [2.75, 3.05) is 20.7 Å². The molecule has 2 bridgehead atoms. The summed E-state index contributed by atoms with van der Waals surface area (Å²) >= 11 is 0. The molecule has 2 aliphatic heterocycles. The lowest BCUT2D eigenvalue weighted by atomic mass is 9.47. The van der Waals surface area contributed by atoms with Crippen molar-refractivity contribution in [1.82, 2.24) is 4.90 Å². The smallest absolute Gasteiger partial charge is 0.196 e. The Morgan fingerprint density at radius 2 is 2.30 bits per heavy atom. The van der Waals surface area contributed by atoms with Crippen molar-refractivity contribution >= 4 is 11.5 Å². The van der Waals surface area contributed by atoms with E-state index in [0.29, 0.717) is 18.4 Å². The van der Waals surface area contributed by atoms with E-state index < -0.39 is 0 Å². The summed E-state index contributed by atoms with van der Waals surface area (Å²) in [6, 6.07) is 0.407. The highest BCUT2D eigenvalue weighted by Crippen LogP contribution is 2.66. The molecule has 0 radical (unpaired) electrons. The van der Waals surface area contributed by atoms with Crippen LogP contribution in [0.3, 0.4) is 0 Å². The van der Waals surface area contributed by atoms with Crippen LogP contribution in [0.4, 0.5) is 0 Å². The molecule has 6 atom stereocenters. The summed E-state index contributed by atoms with van der Waals surface area (Å²) in [7, 11) is 3.83. The number of carbonyl (C=O) groups excluding carboxylic acids is 1. The molecule has 2 saturated heterocycles. The molecule has 0 amide bonds. The lowest BCUT2D eigenvalue weighted by Crippen LogP contribution is -2.65. The first-order chi connectivity index (χ1) is 11.1. The quantitative estimate of drug-likeness (QED) is 0.801. The molecule has 2 heterocycles. The maximum atomic E-state index is 12.6. The first-order valence-electron chi connectivity index (χ1n) is 8.51. The van der Waals surface area contributed by atoms with Crippen molar-refractivity contribution in [2.24, 2.45) is 23.2 Å². The van der Waals surface area contributed by atoms with E-state index in [1.807, 2.05) is 0 Å². The predicted octanol–water partition coefficient (Wildman–Crippen LogP) is 1.75. The van der Waals surface area contributed by atoms with E-state index in [1.165, 1.54) is 0 Å². The van der Waals surface area contributed by atoms with Crippen molar-refractivity contribution in [3.05, 3.63) is 23.7 Å². The molecule has 23 heavy (non-hydrogen) atoms. The number of likely N-dealkylation sites (tertiary alicyclic amines) is 1. The summed E-state index contributed by atoms with van der Waals surface area (Å²) in [4.78, 5) is 15.0. The molecule has 0 aromatic carbocycles. The van der Waals surface area contributed by atoms with Gasteiger partial charge in [0.05, 0.1) is 7.11 Å². The average Bonchev–Trinajstić information content (AvgIpc) is 2.89. The number of ether oxygens (including phenoxy) is 2. The van der Waals surface area contributed by atoms with Crippen molar-refractivity contribution in [3.8, 4) is 0 Å². The van der Waals surface area contributed by atoms with Gasteiger partial charge in [0.2, 0.25) is 0 Å². The minimum Gasteiger partial charge on any atom is -0.497 e. The third kappa shape index (κ3) is 1.43. The van der Waals surface area contributed by atoms with Gasteiger partial charge in [-0.2, -0.15) is 0 Å². The molecule has 0 aromatic heterocycles. The van der Waals surface area contributed by atoms with Gasteiger partial charge in [-0.1, -0.05) is 6.08 Å². The summed E-state index contributed by atoms with van der Waals surface area (Å²) in [6.45, 7) is 0.994. The SMILES string of the molecule is COC1=C2O[C@H]3C(=O)C=C[C@H]4[C@H]5CC(C(=N)C1)C2[C@@]34CCN5C. The van der Waals surface area contributed by atoms with E-state index in [0.717, 1.165) is 36.6 Å². The van der Waals surface area contributed by atoms with Gasteiger partial charge in [0.1, 0.15) is 11.5 Å². The fourth-order valence-corrected chi connectivity index (χ4v) is 6.06. The Bertz CT molecular complexity index is 682. The maximum Gasteiger partial charge on any atom is 0.196 e. The van der Waals surface area contributed by atoms with Crippen molar-refractivity contribution in [1.29, 1.82) is 5.41 Å². The molecule has 2 unspecified atom stereocenters. The van der Waals surface area contributed by atoms with Crippen LogP contribution in [0.25, 0.3) is 0 Å². The summed E-state index contributed by atoms with van der Waals surface area (Å²) in [5.41, 5.74) is 0.581. The van der Waals surface area contributed by atoms with Crippen LogP contribution in [-0.4, -0.2) is 49.2 Å². The Morgan fingerprint density at radius 1 is 1.48 bits per heavy atom. The topological polar surface area (TPSA) is 62.6 Å². The molecule has 1 spiro atoms. The second kappa shape index (κ2) is 4.26. The van der Waals surface area contributed by atoms with Crippen LogP contribution >= 0.6 is 0 Å². The van der Waals surface area contributed by atoms with Crippen LogP contribution in [0.1, 0.15) is 19.3 Å². The maximum absolute atomic E-state index is 12.6. The van der Waals surface area contributed by atoms with E-state index in [4.69, 9.17) is 14.9 Å². The predicted molar refractivity (Wildman–Crippen MR) is 84.0 cm³/mol. The van der Waals surface area contributed by atoms with Gasteiger partial charge in [-0.25, -0.2) is 0 Å². The minimum atomic E-state index is -0.382. The number of nitrogens with zero attached hydrogens (tertiary/aromatic N) is 1. The Morgan fingerprint density at radius 3 is 3.09 bits per heavy atom. The van der Waals surface area contributed by atoms with Gasteiger partial charge in [0.25, 0.3) is 0 Å². The third-order valence-electron chi connectivity index (χ3n) is 7.04. The Labute approximate surface area is 135 Å². The lowest BCUT2D eigenvalue weighted by molar-refractivity contribution is -0.140. The highest BCUT2D eigenvalue weighted by Gasteiger charge is 2.70. The van der Waals surface area contributed by atoms with Crippen molar-refractivity contribution in [2.45, 2.75) is 31.4 Å². The van der Waals surface area contributed by atoms with E-state index in [-0.39, 0.29) is 29.1 Å². The zero-order valence-electron chi connectivity index (χ0n) is 13.5. The fraction of sp³-hybridized carbons (Fsp3) is 0.667. The number of piperidine rings is 1. The first-order valence-corrected chi connectivity index (χ1v) is 8.51. The van der Waals surface area contributed by atoms with Gasteiger partial charge in [0, 0.05) is 41.3 Å². The second-order valence-corrected chi connectivity index (χ2v) is 7.71. The number of hydrogen-bond acceptors (Lipinski definition) is 5. The van der Waals surface area contributed by atoms with E-state index in [9.17, 15) is 4.79 Å². The number of ketones is 1. The molecule has 3 fully saturated rings. The molecular weight excluding hydrogens is 292 g/mol. The molecule has 5 heteroatoms. The standard InChI is InChI=1S/C18H22N2O3/c1-20-6-5-18-10-3-4-13(21)17(18)23-16-14(22-2)8-11(19)9(15(16)18)7-12(10)20/h3-4,9-10,12,15,17,19H,5-8H2,1-2H3/t9?,10-,12+,15?,17-,18-/m0/s1. The number of methoxy groups -OCH3 is 1. The van der Waals surface area contributed by atoms with Crippen molar-refractivity contribution in [3.63, 3.8) is 0 Å². The molecular formula is C18H22N2O3. The molecule has 3 aliphatic carbocycles. The van der Waals surface area contributed by atoms with E-state index in [2.05, 4.69) is 18.0 Å². The van der Waals surface area contributed by atoms with Gasteiger partial charge >= 0.3 is 0 Å². The zero-order valence-corrected chi connectivity index (χ0v) is 13.5. The van der Waals surface area contributed by atoms with Crippen molar-refractivity contribution < 1.29 is 14.3 Å². The monoisotopic (exact) mass is 314 g/mol. The molecule has 5 rings (SSSR count). The normalized spacial score (nSPS) is 47.5. The van der Waals surface area contributed by atoms with Crippen LogP contribution in [0.2, 0.25) is 0 Å². The summed E-state index contributed by atoms with van der Waals surface area (Å²) in [5, 5.41) is 8.56. The molecule has 1 saturated carbocycles. The van der Waals surface area contributed by atoms with Crippen LogP contribution in [0, 0.1) is 28.6 Å². The largest absolute Gasteiger partial charge is 0.497 e. The van der Waals surface area contributed by atoms with Crippen LogP contribution in [0.15, 0.2) is 23.7 Å². The highest BCUT2D eigenvalue weighted by molar-refractivity contribution is 5.97. The fourth-order valence-electron chi connectivity index (χ4n) is 6.06. The number of carbonyl (C=O) groups is 1. The number of allylic oxidation sites excluding steroid dienone is 2. The molecule has 0 aromatic rings. The Hall–Kier alpha value is -1.62. The average molecular weight is 314 g/mol. The van der Waals surface area contributed by atoms with Crippen LogP contribution < -0.4 is 0 Å². The lowest BCUT2D eigenvalue weighted by Gasteiger charge is -2.59. The molecule has 1 N–H and O–H groups in total. The van der Waals surface area contributed by atoms with E-state index in [1.54, 1.807) is 13.2 Å². The molecule has 5 aliphatic rings. The van der Waals surface area contributed by atoms with E-state index >= 15 is 0 Å². The van der Waals surface area contributed by atoms with Crippen LogP contribution in [0.5, 0.6) is 0 Å². The second-order valence-electron chi connectivity index (χ2n) is 7.71. The Balaban J connectivity index is 1.76. The molecule has 5 nitrogen and oxygen atoms in total. The molecule has 122 valence electrons. The summed E-state index contributed by atoms with van der Waals surface area (Å²) < 4.78 is 11.8. The first kappa shape index (κ1) is 13.8. The third-order valence-corrected chi connectivity index (χ3v) is 7.04. The highest BCUT2D eigenvalue weighted by atomic mass is 16.5. The summed E-state index contributed by atoms with van der Waals surface area (Å²) in [6.07, 6.45) is 5.95.